The van der Waals surface area contributed by atoms with Crippen LogP contribution >= 0.6 is 0 Å². The quantitative estimate of drug-likeness (QED) is 0.604. The summed E-state index contributed by atoms with van der Waals surface area (Å²) in [6, 6.07) is 8.54. The van der Waals surface area contributed by atoms with E-state index in [1.54, 1.807) is 0 Å². The molecule has 1 radical (unpaired) electrons. The van der Waals surface area contributed by atoms with E-state index in [1.807, 2.05) is 0 Å². The van der Waals surface area contributed by atoms with Gasteiger partial charge in [-0.15, -0.1) is 0 Å². The summed E-state index contributed by atoms with van der Waals surface area (Å²) in [5.41, 5.74) is 7.90. The van der Waals surface area contributed by atoms with Gasteiger partial charge in [0.05, 0.1) is 0 Å². The van der Waals surface area contributed by atoms with Gasteiger partial charge in [-0.3, -0.25) is 0 Å². The fourth-order valence-corrected chi connectivity index (χ4v) is 2.27. The van der Waals surface area contributed by atoms with E-state index in [0.29, 0.717) is 0 Å². The zero-order chi connectivity index (χ0) is 11.8. The molecule has 1 aromatic carbocycles. The maximum absolute atomic E-state index is 2.28. The maximum Gasteiger partial charge on any atom is 0.0205 e. The van der Waals surface area contributed by atoms with Crippen LogP contribution in [0, 0.1) is 6.42 Å². The van der Waals surface area contributed by atoms with Gasteiger partial charge >= 0.3 is 0 Å². The van der Waals surface area contributed by atoms with Crippen LogP contribution < -0.4 is 0 Å². The first-order chi connectivity index (χ1) is 8.24. The van der Waals surface area contributed by atoms with Crippen LogP contribution in [0.4, 0.5) is 0 Å². The maximum atomic E-state index is 2.28. The van der Waals surface area contributed by atoms with Gasteiger partial charge < -0.3 is 0 Å². The molecule has 0 N–H and O–H groups in total. The number of hydrogen-bond donors (Lipinski definition) is 0. The monoisotopic (exact) mass is 219 g/mol. The largest absolute Gasteiger partial charge is 0.0619 e. The Balaban J connectivity index is 2.24. The standard InChI is InChI=1S/C17H15/c1-12-7-8-14-9-15-5-3-4-6-16(15)11-17(10-14)13(12)2/h3-11H,1-2H3. The summed E-state index contributed by atoms with van der Waals surface area (Å²) in [7, 11) is 0. The summed E-state index contributed by atoms with van der Waals surface area (Å²) in [6.45, 7) is 4.36. The molecule has 0 aromatic heterocycles. The van der Waals surface area contributed by atoms with Crippen LogP contribution in [0.25, 0.3) is 6.08 Å². The highest BCUT2D eigenvalue weighted by atomic mass is 14.2. The van der Waals surface area contributed by atoms with E-state index in [4.69, 9.17) is 0 Å². The van der Waals surface area contributed by atoms with Crippen molar-refractivity contribution in [2.45, 2.75) is 13.8 Å². The predicted octanol–water partition coefficient (Wildman–Crippen LogP) is 4.47. The Labute approximate surface area is 103 Å². The van der Waals surface area contributed by atoms with Crippen molar-refractivity contribution in [3.8, 4) is 0 Å². The molecule has 0 spiro atoms. The first kappa shape index (κ1) is 10.3. The highest BCUT2D eigenvalue weighted by molar-refractivity contribution is 5.72. The Kier molecular flexibility index (Phi) is 2.36. The summed E-state index contributed by atoms with van der Waals surface area (Å²) < 4.78 is 0. The molecule has 0 aliphatic heterocycles. The average Bonchev–Trinajstić information content (AvgIpc) is 2.60. The first-order valence-corrected chi connectivity index (χ1v) is 5.97. The topological polar surface area (TPSA) is 0 Å². The lowest BCUT2D eigenvalue weighted by Gasteiger charge is -2.06. The predicted molar refractivity (Wildman–Crippen MR) is 73.4 cm³/mol. The first-order valence-electron chi connectivity index (χ1n) is 5.97. The number of benzene rings is 1. The number of fused-ring (bicyclic) bond motifs is 2. The smallest absolute Gasteiger partial charge is 0.0205 e. The van der Waals surface area contributed by atoms with Crippen LogP contribution in [0.15, 0.2) is 64.8 Å². The molecular weight excluding hydrogens is 204 g/mol. The van der Waals surface area contributed by atoms with Crippen molar-refractivity contribution in [3.05, 3.63) is 82.3 Å². The average molecular weight is 219 g/mol. The number of rotatable bonds is 0. The molecule has 0 nitrogen and oxygen atoms in total. The van der Waals surface area contributed by atoms with Crippen molar-refractivity contribution in [2.24, 2.45) is 0 Å². The number of hydrogen-bond acceptors (Lipinski definition) is 0. The highest BCUT2D eigenvalue weighted by Gasteiger charge is 2.12. The van der Waals surface area contributed by atoms with Gasteiger partial charge in [-0.25, -0.2) is 0 Å². The van der Waals surface area contributed by atoms with E-state index in [9.17, 15) is 0 Å². The van der Waals surface area contributed by atoms with Gasteiger partial charge in [-0.1, -0.05) is 42.5 Å². The molecule has 2 bridgehead atoms. The molecule has 0 saturated carbocycles. The van der Waals surface area contributed by atoms with Gasteiger partial charge in [0.25, 0.3) is 0 Å². The lowest BCUT2D eigenvalue weighted by Crippen LogP contribution is -1.87. The highest BCUT2D eigenvalue weighted by Crippen LogP contribution is 2.31. The van der Waals surface area contributed by atoms with Crippen LogP contribution in [0.3, 0.4) is 0 Å². The van der Waals surface area contributed by atoms with Gasteiger partial charge in [-0.05, 0) is 53.3 Å². The molecule has 1 aromatic rings. The van der Waals surface area contributed by atoms with Gasteiger partial charge in [-0.2, -0.15) is 0 Å². The normalized spacial score (nSPS) is 18.0. The second-order valence-electron chi connectivity index (χ2n) is 4.66. The third-order valence-electron chi connectivity index (χ3n) is 3.50. The third-order valence-corrected chi connectivity index (χ3v) is 3.50. The van der Waals surface area contributed by atoms with E-state index in [-0.39, 0.29) is 0 Å². The second kappa shape index (κ2) is 3.89. The van der Waals surface area contributed by atoms with Crippen LogP contribution in [0.2, 0.25) is 0 Å². The Morgan fingerprint density at radius 2 is 1.59 bits per heavy atom. The summed E-state index contributed by atoms with van der Waals surface area (Å²) in [5, 5.41) is 0. The van der Waals surface area contributed by atoms with Crippen LogP contribution in [-0.2, 0) is 0 Å². The molecule has 0 atom stereocenters. The van der Waals surface area contributed by atoms with Crippen molar-refractivity contribution in [1.29, 1.82) is 0 Å². The van der Waals surface area contributed by atoms with Gasteiger partial charge in [0.2, 0.25) is 0 Å². The molecule has 2 aliphatic rings. The Hall–Kier alpha value is -1.82. The molecule has 2 aliphatic carbocycles. The Morgan fingerprint density at radius 3 is 2.41 bits per heavy atom. The fourth-order valence-electron chi connectivity index (χ4n) is 2.27. The van der Waals surface area contributed by atoms with E-state index in [0.717, 1.165) is 0 Å². The minimum atomic E-state index is 1.28. The molecular formula is C17H15. The molecule has 3 rings (SSSR count). The summed E-state index contributed by atoms with van der Waals surface area (Å²) in [5.74, 6) is 0. The molecule has 0 amide bonds. The summed E-state index contributed by atoms with van der Waals surface area (Å²) >= 11 is 0. The van der Waals surface area contributed by atoms with Crippen molar-refractivity contribution in [1.82, 2.24) is 0 Å². The second-order valence-corrected chi connectivity index (χ2v) is 4.66. The lowest BCUT2D eigenvalue weighted by molar-refractivity contribution is 1.34. The minimum absolute atomic E-state index is 1.28. The third kappa shape index (κ3) is 1.80. The minimum Gasteiger partial charge on any atom is -0.0619 e. The molecule has 17 heavy (non-hydrogen) atoms. The summed E-state index contributed by atoms with van der Waals surface area (Å²) in [4.78, 5) is 0. The van der Waals surface area contributed by atoms with E-state index >= 15 is 0 Å². The van der Waals surface area contributed by atoms with Gasteiger partial charge in [0.1, 0.15) is 0 Å². The van der Waals surface area contributed by atoms with E-state index < -0.39 is 0 Å². The van der Waals surface area contributed by atoms with Crippen LogP contribution in [-0.4, -0.2) is 0 Å². The zero-order valence-electron chi connectivity index (χ0n) is 10.2. The van der Waals surface area contributed by atoms with Crippen molar-refractivity contribution in [3.63, 3.8) is 0 Å². The van der Waals surface area contributed by atoms with Gasteiger partial charge in [0, 0.05) is 6.42 Å². The molecule has 0 fully saturated rings. The summed E-state index contributed by atoms with van der Waals surface area (Å²) in [6.07, 6.45) is 11.2. The SMILES string of the molecule is CC1=C(C)C2=Cc3ccccc3[CH]C(=C2)C=C1. The Bertz CT molecular complexity index is 592. The van der Waals surface area contributed by atoms with E-state index in [2.05, 4.69) is 68.8 Å². The van der Waals surface area contributed by atoms with Crippen LogP contribution in [0.5, 0.6) is 0 Å². The molecule has 0 heterocycles. The molecule has 83 valence electrons. The molecule has 0 unspecified atom stereocenters. The molecule has 0 heteroatoms. The Morgan fingerprint density at radius 1 is 0.824 bits per heavy atom. The lowest BCUT2D eigenvalue weighted by atomic mass is 9.99. The molecule has 0 saturated heterocycles. The van der Waals surface area contributed by atoms with Gasteiger partial charge in [0.15, 0.2) is 0 Å². The van der Waals surface area contributed by atoms with E-state index in [1.165, 1.54) is 33.4 Å². The van der Waals surface area contributed by atoms with Crippen LogP contribution in [0.1, 0.15) is 25.0 Å². The van der Waals surface area contributed by atoms with Crippen molar-refractivity contribution in [2.75, 3.05) is 0 Å². The fraction of sp³-hybridized carbons (Fsp3) is 0.118. The zero-order valence-corrected chi connectivity index (χ0v) is 10.2. The van der Waals surface area contributed by atoms with Crippen molar-refractivity contribution >= 4 is 6.08 Å². The number of allylic oxidation sites excluding steroid dienone is 7. The van der Waals surface area contributed by atoms with Crippen molar-refractivity contribution < 1.29 is 0 Å².